The van der Waals surface area contributed by atoms with Crippen LogP contribution in [-0.2, 0) is 7.05 Å². The van der Waals surface area contributed by atoms with Crippen molar-refractivity contribution < 1.29 is 9.53 Å². The number of piperazine rings is 1. The maximum absolute atomic E-state index is 12.4. The Balaban J connectivity index is 1.61. The van der Waals surface area contributed by atoms with Crippen LogP contribution in [0, 0.1) is 0 Å². The number of aromatic nitrogens is 1. The van der Waals surface area contributed by atoms with Crippen molar-refractivity contribution in [2.24, 2.45) is 7.05 Å². The summed E-state index contributed by atoms with van der Waals surface area (Å²) in [5.41, 5.74) is 1.94. The van der Waals surface area contributed by atoms with Crippen molar-refractivity contribution in [3.05, 3.63) is 48.3 Å². The van der Waals surface area contributed by atoms with E-state index in [1.54, 1.807) is 7.11 Å². The molecule has 0 saturated carbocycles. The topological polar surface area (TPSA) is 37.7 Å². The van der Waals surface area contributed by atoms with Crippen LogP contribution in [0.15, 0.2) is 42.7 Å². The minimum absolute atomic E-state index is 0.120. The molecule has 3 rings (SSSR count). The van der Waals surface area contributed by atoms with E-state index in [4.69, 9.17) is 4.74 Å². The number of carbonyl (C=O) groups excluding carboxylic acids is 1. The summed E-state index contributed by atoms with van der Waals surface area (Å²) in [4.78, 5) is 16.6. The Morgan fingerprint density at radius 2 is 1.73 bits per heavy atom. The lowest BCUT2D eigenvalue weighted by Gasteiger charge is -2.36. The summed E-state index contributed by atoms with van der Waals surface area (Å²) in [6, 6.07) is 9.94. The number of nitrogens with zero attached hydrogens (tertiary/aromatic N) is 3. The standard InChI is InChI=1S/C17H21N3O2/c1-18-8-7-14(13-18)17(21)20-11-9-19(10-12-20)15-3-5-16(22-2)6-4-15/h3-8,13H,9-12H2,1-2H3. The quantitative estimate of drug-likeness (QED) is 0.870. The van der Waals surface area contributed by atoms with Crippen LogP contribution in [0.4, 0.5) is 5.69 Å². The first-order chi connectivity index (χ1) is 10.7. The monoisotopic (exact) mass is 299 g/mol. The fourth-order valence-corrected chi connectivity index (χ4v) is 2.77. The predicted molar refractivity (Wildman–Crippen MR) is 86.5 cm³/mol. The number of anilines is 1. The van der Waals surface area contributed by atoms with Crippen LogP contribution in [0.1, 0.15) is 10.4 Å². The van der Waals surface area contributed by atoms with Gasteiger partial charge >= 0.3 is 0 Å². The lowest BCUT2D eigenvalue weighted by atomic mass is 10.2. The highest BCUT2D eigenvalue weighted by molar-refractivity contribution is 5.94. The fourth-order valence-electron chi connectivity index (χ4n) is 2.77. The highest BCUT2D eigenvalue weighted by Crippen LogP contribution is 2.21. The Kier molecular flexibility index (Phi) is 4.04. The second-order valence-corrected chi connectivity index (χ2v) is 5.54. The summed E-state index contributed by atoms with van der Waals surface area (Å²) < 4.78 is 7.09. The molecule has 1 aromatic heterocycles. The van der Waals surface area contributed by atoms with Crippen molar-refractivity contribution in [1.29, 1.82) is 0 Å². The number of methoxy groups -OCH3 is 1. The van der Waals surface area contributed by atoms with Gasteiger partial charge in [-0.3, -0.25) is 4.79 Å². The van der Waals surface area contributed by atoms with Crippen LogP contribution in [-0.4, -0.2) is 48.7 Å². The zero-order valence-electron chi connectivity index (χ0n) is 13.0. The summed E-state index contributed by atoms with van der Waals surface area (Å²) >= 11 is 0. The molecule has 0 unspecified atom stereocenters. The molecule has 2 aromatic rings. The molecule has 22 heavy (non-hydrogen) atoms. The molecule has 0 radical (unpaired) electrons. The third-order valence-electron chi connectivity index (χ3n) is 4.08. The van der Waals surface area contributed by atoms with E-state index in [1.807, 2.05) is 47.1 Å². The first-order valence-corrected chi connectivity index (χ1v) is 7.47. The molecule has 1 aromatic carbocycles. The largest absolute Gasteiger partial charge is 0.497 e. The maximum Gasteiger partial charge on any atom is 0.255 e. The van der Waals surface area contributed by atoms with Crippen molar-refractivity contribution >= 4 is 11.6 Å². The molecule has 0 spiro atoms. The van der Waals surface area contributed by atoms with E-state index in [-0.39, 0.29) is 5.91 Å². The highest BCUT2D eigenvalue weighted by atomic mass is 16.5. The van der Waals surface area contributed by atoms with Crippen molar-refractivity contribution in [2.75, 3.05) is 38.2 Å². The van der Waals surface area contributed by atoms with E-state index in [0.29, 0.717) is 0 Å². The van der Waals surface area contributed by atoms with Gasteiger partial charge in [-0.15, -0.1) is 0 Å². The first-order valence-electron chi connectivity index (χ1n) is 7.47. The van der Waals surface area contributed by atoms with Crippen LogP contribution in [0.2, 0.25) is 0 Å². The summed E-state index contributed by atoms with van der Waals surface area (Å²) in [6.45, 7) is 3.20. The Morgan fingerprint density at radius 1 is 1.05 bits per heavy atom. The number of carbonyl (C=O) groups is 1. The van der Waals surface area contributed by atoms with Gasteiger partial charge in [0.2, 0.25) is 0 Å². The van der Waals surface area contributed by atoms with Gasteiger partial charge in [-0.2, -0.15) is 0 Å². The molecule has 0 aliphatic carbocycles. The molecule has 1 amide bonds. The van der Waals surface area contributed by atoms with Crippen LogP contribution in [0.3, 0.4) is 0 Å². The second-order valence-electron chi connectivity index (χ2n) is 5.54. The van der Waals surface area contributed by atoms with Crippen molar-refractivity contribution in [3.63, 3.8) is 0 Å². The van der Waals surface area contributed by atoms with Crippen molar-refractivity contribution in [3.8, 4) is 5.75 Å². The van der Waals surface area contributed by atoms with Gasteiger partial charge in [-0.05, 0) is 30.3 Å². The van der Waals surface area contributed by atoms with Gasteiger partial charge in [0.15, 0.2) is 0 Å². The van der Waals surface area contributed by atoms with Gasteiger partial charge in [0.05, 0.1) is 12.7 Å². The van der Waals surface area contributed by atoms with Gasteiger partial charge in [-0.25, -0.2) is 0 Å². The molecular formula is C17H21N3O2. The lowest BCUT2D eigenvalue weighted by molar-refractivity contribution is 0.0747. The van der Waals surface area contributed by atoms with Gasteiger partial charge < -0.3 is 19.1 Å². The second kappa shape index (κ2) is 6.13. The van der Waals surface area contributed by atoms with E-state index in [2.05, 4.69) is 17.0 Å². The summed E-state index contributed by atoms with van der Waals surface area (Å²) in [5, 5.41) is 0. The lowest BCUT2D eigenvalue weighted by Crippen LogP contribution is -2.48. The molecule has 2 heterocycles. The maximum atomic E-state index is 12.4. The average Bonchev–Trinajstić information content (AvgIpc) is 3.01. The molecule has 1 aliphatic rings. The Hall–Kier alpha value is -2.43. The molecule has 1 aliphatic heterocycles. The van der Waals surface area contributed by atoms with Crippen LogP contribution in [0.5, 0.6) is 5.75 Å². The third-order valence-corrected chi connectivity index (χ3v) is 4.08. The van der Waals surface area contributed by atoms with E-state index < -0.39 is 0 Å². The number of hydrogen-bond donors (Lipinski definition) is 0. The number of benzene rings is 1. The van der Waals surface area contributed by atoms with E-state index in [9.17, 15) is 4.79 Å². The van der Waals surface area contributed by atoms with Gasteiger partial charge in [0.25, 0.3) is 5.91 Å². The molecule has 1 saturated heterocycles. The number of hydrogen-bond acceptors (Lipinski definition) is 3. The average molecular weight is 299 g/mol. The summed E-state index contributed by atoms with van der Waals surface area (Å²) in [7, 11) is 3.60. The van der Waals surface area contributed by atoms with E-state index >= 15 is 0 Å². The number of aryl methyl sites for hydroxylation is 1. The Morgan fingerprint density at radius 3 is 2.27 bits per heavy atom. The molecule has 0 atom stereocenters. The van der Waals surface area contributed by atoms with Crippen LogP contribution >= 0.6 is 0 Å². The van der Waals surface area contributed by atoms with E-state index in [1.165, 1.54) is 5.69 Å². The minimum Gasteiger partial charge on any atom is -0.497 e. The van der Waals surface area contributed by atoms with Gasteiger partial charge in [0.1, 0.15) is 5.75 Å². The highest BCUT2D eigenvalue weighted by Gasteiger charge is 2.22. The predicted octanol–water partition coefficient (Wildman–Crippen LogP) is 2.00. The first kappa shape index (κ1) is 14.5. The van der Waals surface area contributed by atoms with Gasteiger partial charge in [0, 0.05) is 51.3 Å². The van der Waals surface area contributed by atoms with E-state index in [0.717, 1.165) is 37.5 Å². The van der Waals surface area contributed by atoms with Crippen molar-refractivity contribution in [1.82, 2.24) is 9.47 Å². The summed E-state index contributed by atoms with van der Waals surface area (Å²) in [5.74, 6) is 0.983. The molecule has 116 valence electrons. The number of rotatable bonds is 3. The molecule has 0 bridgehead atoms. The zero-order valence-corrected chi connectivity index (χ0v) is 13.0. The fraction of sp³-hybridized carbons (Fsp3) is 0.353. The molecule has 5 heteroatoms. The Labute approximate surface area is 130 Å². The normalized spacial score (nSPS) is 15.0. The van der Waals surface area contributed by atoms with Crippen LogP contribution < -0.4 is 9.64 Å². The van der Waals surface area contributed by atoms with Gasteiger partial charge in [-0.1, -0.05) is 0 Å². The molecule has 5 nitrogen and oxygen atoms in total. The minimum atomic E-state index is 0.120. The van der Waals surface area contributed by atoms with Crippen LogP contribution in [0.25, 0.3) is 0 Å². The molecular weight excluding hydrogens is 278 g/mol. The van der Waals surface area contributed by atoms with Crippen molar-refractivity contribution in [2.45, 2.75) is 0 Å². The molecule has 1 fully saturated rings. The smallest absolute Gasteiger partial charge is 0.255 e. The number of ether oxygens (including phenoxy) is 1. The Bertz CT molecular complexity index is 640. The SMILES string of the molecule is COc1ccc(N2CCN(C(=O)c3ccn(C)c3)CC2)cc1. The third kappa shape index (κ3) is 2.93. The number of amides is 1. The zero-order chi connectivity index (χ0) is 15.5. The molecule has 0 N–H and O–H groups in total. The summed E-state index contributed by atoms with van der Waals surface area (Å²) in [6.07, 6.45) is 3.78.